The van der Waals surface area contributed by atoms with Crippen LogP contribution in [0.3, 0.4) is 0 Å². The molecule has 0 amide bonds. The van der Waals surface area contributed by atoms with Crippen molar-refractivity contribution in [2.24, 2.45) is 10.9 Å². The molecule has 18 heavy (non-hydrogen) atoms. The fourth-order valence-electron chi connectivity index (χ4n) is 2.07. The first-order valence-corrected chi connectivity index (χ1v) is 6.21. The van der Waals surface area contributed by atoms with Crippen molar-refractivity contribution >= 4 is 23.1 Å². The summed E-state index contributed by atoms with van der Waals surface area (Å²) in [6.45, 7) is 3.07. The minimum atomic E-state index is 0.0285. The Labute approximate surface area is 111 Å². The zero-order valence-corrected chi connectivity index (χ0v) is 10.7. The summed E-state index contributed by atoms with van der Waals surface area (Å²) in [5.74, 6) is 0.0285. The Kier molecular flexibility index (Phi) is 4.28. The Hall–Kier alpha value is -1.46. The Morgan fingerprint density at radius 1 is 1.39 bits per heavy atom. The van der Waals surface area contributed by atoms with Crippen LogP contribution >= 0.6 is 11.6 Å². The fourth-order valence-corrected chi connectivity index (χ4v) is 2.33. The number of hydrogen-bond donors (Lipinski definition) is 2. The van der Waals surface area contributed by atoms with Crippen LogP contribution in [-0.2, 0) is 4.74 Å². The molecular formula is C12H16ClN3O2. The van der Waals surface area contributed by atoms with Gasteiger partial charge in [-0.3, -0.25) is 0 Å². The smallest absolute Gasteiger partial charge is 0.173 e. The lowest BCUT2D eigenvalue weighted by Gasteiger charge is -2.25. The molecule has 6 heteroatoms. The highest BCUT2D eigenvalue weighted by Gasteiger charge is 2.18. The van der Waals surface area contributed by atoms with Gasteiger partial charge in [-0.2, -0.15) is 0 Å². The van der Waals surface area contributed by atoms with Crippen LogP contribution in [0.2, 0.25) is 5.02 Å². The first kappa shape index (κ1) is 13.0. The van der Waals surface area contributed by atoms with Crippen molar-refractivity contribution < 1.29 is 9.94 Å². The fraction of sp³-hybridized carbons (Fsp3) is 0.417. The number of nitrogens with zero attached hydrogens (tertiary/aromatic N) is 2. The molecule has 1 aromatic rings. The molecule has 98 valence electrons. The summed E-state index contributed by atoms with van der Waals surface area (Å²) < 4.78 is 5.42. The van der Waals surface area contributed by atoms with Crippen LogP contribution in [0.15, 0.2) is 23.4 Å². The van der Waals surface area contributed by atoms with E-state index < -0.39 is 0 Å². The largest absolute Gasteiger partial charge is 0.409 e. The molecule has 0 unspecified atom stereocenters. The van der Waals surface area contributed by atoms with E-state index in [2.05, 4.69) is 10.1 Å². The number of anilines is 1. The molecule has 0 saturated carbocycles. The van der Waals surface area contributed by atoms with E-state index in [0.717, 1.165) is 31.8 Å². The van der Waals surface area contributed by atoms with Gasteiger partial charge in [0.15, 0.2) is 5.84 Å². The van der Waals surface area contributed by atoms with E-state index in [9.17, 15) is 0 Å². The summed E-state index contributed by atoms with van der Waals surface area (Å²) in [5.41, 5.74) is 7.15. The quantitative estimate of drug-likeness (QED) is 0.371. The summed E-state index contributed by atoms with van der Waals surface area (Å²) >= 11 is 6.13. The van der Waals surface area contributed by atoms with Gasteiger partial charge in [0.2, 0.25) is 0 Å². The Morgan fingerprint density at radius 2 is 2.22 bits per heavy atom. The predicted octanol–water partition coefficient (Wildman–Crippen LogP) is 1.66. The van der Waals surface area contributed by atoms with E-state index in [-0.39, 0.29) is 5.84 Å². The van der Waals surface area contributed by atoms with Crippen LogP contribution < -0.4 is 10.6 Å². The van der Waals surface area contributed by atoms with E-state index in [1.165, 1.54) is 0 Å². The van der Waals surface area contributed by atoms with E-state index in [0.29, 0.717) is 17.2 Å². The second kappa shape index (κ2) is 5.93. The van der Waals surface area contributed by atoms with Crippen molar-refractivity contribution in [3.63, 3.8) is 0 Å². The molecule has 1 aliphatic rings. The average molecular weight is 270 g/mol. The Bertz CT molecular complexity index is 443. The molecule has 1 fully saturated rings. The van der Waals surface area contributed by atoms with E-state index >= 15 is 0 Å². The minimum Gasteiger partial charge on any atom is -0.409 e. The normalized spacial score (nSPS) is 17.6. The topological polar surface area (TPSA) is 71.1 Å². The SMILES string of the molecule is NC(=NO)c1c(Cl)cccc1N1CCCOCC1. The molecule has 0 radical (unpaired) electrons. The number of rotatable bonds is 2. The lowest BCUT2D eigenvalue weighted by atomic mass is 10.1. The van der Waals surface area contributed by atoms with E-state index in [1.807, 2.05) is 12.1 Å². The maximum Gasteiger partial charge on any atom is 0.173 e. The number of halogens is 1. The van der Waals surface area contributed by atoms with Gasteiger partial charge in [-0.25, -0.2) is 0 Å². The second-order valence-corrected chi connectivity index (χ2v) is 4.48. The van der Waals surface area contributed by atoms with Crippen LogP contribution in [0.25, 0.3) is 0 Å². The lowest BCUT2D eigenvalue weighted by Crippen LogP contribution is -2.29. The van der Waals surface area contributed by atoms with Crippen LogP contribution in [0.1, 0.15) is 12.0 Å². The monoisotopic (exact) mass is 269 g/mol. The van der Waals surface area contributed by atoms with Gasteiger partial charge in [0.1, 0.15) is 0 Å². The van der Waals surface area contributed by atoms with Crippen LogP contribution in [-0.4, -0.2) is 37.3 Å². The van der Waals surface area contributed by atoms with Gasteiger partial charge in [0, 0.05) is 25.4 Å². The van der Waals surface area contributed by atoms with Crippen LogP contribution in [0, 0.1) is 0 Å². The summed E-state index contributed by atoms with van der Waals surface area (Å²) in [7, 11) is 0. The molecule has 3 N–H and O–H groups in total. The molecular weight excluding hydrogens is 254 g/mol. The second-order valence-electron chi connectivity index (χ2n) is 4.07. The molecule has 2 rings (SSSR count). The molecule has 1 heterocycles. The number of nitrogens with two attached hydrogens (primary N) is 1. The van der Waals surface area contributed by atoms with Gasteiger partial charge >= 0.3 is 0 Å². The molecule has 0 spiro atoms. The third-order valence-electron chi connectivity index (χ3n) is 2.92. The zero-order valence-electron chi connectivity index (χ0n) is 9.97. The van der Waals surface area contributed by atoms with Crippen molar-refractivity contribution in [2.45, 2.75) is 6.42 Å². The zero-order chi connectivity index (χ0) is 13.0. The van der Waals surface area contributed by atoms with E-state index in [1.54, 1.807) is 6.07 Å². The predicted molar refractivity (Wildman–Crippen MR) is 71.6 cm³/mol. The molecule has 1 aliphatic heterocycles. The first-order valence-electron chi connectivity index (χ1n) is 5.83. The third-order valence-corrected chi connectivity index (χ3v) is 3.23. The van der Waals surface area contributed by atoms with Gasteiger partial charge in [-0.05, 0) is 18.6 Å². The number of hydrogen-bond acceptors (Lipinski definition) is 4. The third kappa shape index (κ3) is 2.68. The summed E-state index contributed by atoms with van der Waals surface area (Å²) in [6.07, 6.45) is 0.947. The molecule has 1 aromatic carbocycles. The maximum absolute atomic E-state index is 8.85. The molecule has 5 nitrogen and oxygen atoms in total. The standard InChI is InChI=1S/C12H16ClN3O2/c13-9-3-1-4-10(11(9)12(14)15-17)16-5-2-7-18-8-6-16/h1,3-4,17H,2,5-8H2,(H2,14,15). The number of ether oxygens (including phenoxy) is 1. The molecule has 0 bridgehead atoms. The van der Waals surface area contributed by atoms with Gasteiger partial charge in [-0.15, -0.1) is 0 Å². The maximum atomic E-state index is 8.85. The lowest BCUT2D eigenvalue weighted by molar-refractivity contribution is 0.152. The molecule has 0 aromatic heterocycles. The highest BCUT2D eigenvalue weighted by molar-refractivity contribution is 6.34. The summed E-state index contributed by atoms with van der Waals surface area (Å²) in [6, 6.07) is 5.51. The minimum absolute atomic E-state index is 0.0285. The van der Waals surface area contributed by atoms with Gasteiger partial charge in [0.05, 0.1) is 17.2 Å². The number of amidine groups is 1. The van der Waals surface area contributed by atoms with Crippen LogP contribution in [0.5, 0.6) is 0 Å². The van der Waals surface area contributed by atoms with Crippen molar-refractivity contribution in [3.05, 3.63) is 28.8 Å². The van der Waals surface area contributed by atoms with Gasteiger partial charge < -0.3 is 20.6 Å². The molecule has 0 aliphatic carbocycles. The van der Waals surface area contributed by atoms with E-state index in [4.69, 9.17) is 27.3 Å². The summed E-state index contributed by atoms with van der Waals surface area (Å²) in [4.78, 5) is 2.15. The van der Waals surface area contributed by atoms with Crippen molar-refractivity contribution in [1.29, 1.82) is 0 Å². The average Bonchev–Trinajstić information content (AvgIpc) is 2.66. The number of oxime groups is 1. The Morgan fingerprint density at radius 3 is 3.00 bits per heavy atom. The van der Waals surface area contributed by atoms with Crippen molar-refractivity contribution in [2.75, 3.05) is 31.2 Å². The van der Waals surface area contributed by atoms with Crippen molar-refractivity contribution in [3.8, 4) is 0 Å². The highest BCUT2D eigenvalue weighted by atomic mass is 35.5. The van der Waals surface area contributed by atoms with Gasteiger partial charge in [-0.1, -0.05) is 22.8 Å². The highest BCUT2D eigenvalue weighted by Crippen LogP contribution is 2.28. The molecule has 1 saturated heterocycles. The Balaban J connectivity index is 2.39. The van der Waals surface area contributed by atoms with Crippen molar-refractivity contribution in [1.82, 2.24) is 0 Å². The number of benzene rings is 1. The first-order chi connectivity index (χ1) is 8.74. The van der Waals surface area contributed by atoms with Gasteiger partial charge in [0.25, 0.3) is 0 Å². The van der Waals surface area contributed by atoms with Crippen LogP contribution in [0.4, 0.5) is 5.69 Å². The molecule has 0 atom stereocenters. The summed E-state index contributed by atoms with van der Waals surface area (Å²) in [5, 5.41) is 12.4.